The number of nitrogens with one attached hydrogen (secondary N) is 1. The van der Waals surface area contributed by atoms with Gasteiger partial charge in [-0.05, 0) is 25.0 Å². The maximum atomic E-state index is 12.5. The van der Waals surface area contributed by atoms with E-state index < -0.39 is 21.1 Å². The molecular formula is C14H12N5O4S-. The van der Waals surface area contributed by atoms with E-state index in [2.05, 4.69) is 19.8 Å². The van der Waals surface area contributed by atoms with Crippen LogP contribution in [0, 0.1) is 13.8 Å². The van der Waals surface area contributed by atoms with Crippen LogP contribution in [0.15, 0.2) is 35.7 Å². The number of rotatable bonds is 4. The highest BCUT2D eigenvalue weighted by molar-refractivity contribution is 7.92. The molecule has 9 nitrogen and oxygen atoms in total. The Hall–Kier alpha value is -3.01. The van der Waals surface area contributed by atoms with Gasteiger partial charge in [0.15, 0.2) is 0 Å². The summed E-state index contributed by atoms with van der Waals surface area (Å²) in [6.45, 7) is 3.35. The molecule has 0 saturated heterocycles. The minimum absolute atomic E-state index is 0.0829. The maximum Gasteiger partial charge on any atom is 0.299 e. The van der Waals surface area contributed by atoms with Crippen molar-refractivity contribution in [2.45, 2.75) is 19.0 Å². The number of benzene rings is 1. The second kappa shape index (κ2) is 5.57. The Morgan fingerprint density at radius 2 is 2.04 bits per heavy atom. The number of anilines is 1. The second-order valence-electron chi connectivity index (χ2n) is 5.16. The number of nitrogens with zero attached hydrogens (tertiary/aromatic N) is 4. The number of para-hydroxylation sites is 1. The number of sulfonamides is 1. The topological polar surface area (TPSA) is 129 Å². The van der Waals surface area contributed by atoms with E-state index in [1.54, 1.807) is 26.1 Å². The number of carbonyl (C=O) groups excluding carboxylic acids is 1. The van der Waals surface area contributed by atoms with Crippen LogP contribution in [0.3, 0.4) is 0 Å². The largest absolute Gasteiger partial charge is 0.545 e. The first-order valence-corrected chi connectivity index (χ1v) is 8.29. The first-order valence-electron chi connectivity index (χ1n) is 6.81. The minimum atomic E-state index is -4.19. The molecule has 124 valence electrons. The van der Waals surface area contributed by atoms with Gasteiger partial charge in [0, 0.05) is 18.0 Å². The fraction of sp³-hybridized carbons (Fsp3) is 0.143. The SMILES string of the molecule is Cc1cnc2nc(S(=O)(=O)Nc3c(C)cccc3C(=O)[O-])nn2c1. The smallest absolute Gasteiger partial charge is 0.299 e. The third-order valence-corrected chi connectivity index (χ3v) is 4.40. The summed E-state index contributed by atoms with van der Waals surface area (Å²) < 4.78 is 28.4. The number of hydrogen-bond donors (Lipinski definition) is 1. The van der Waals surface area contributed by atoms with Crippen LogP contribution < -0.4 is 9.83 Å². The van der Waals surface area contributed by atoms with Crippen LogP contribution in [-0.2, 0) is 10.0 Å². The van der Waals surface area contributed by atoms with Gasteiger partial charge in [-0.15, -0.1) is 5.10 Å². The summed E-state index contributed by atoms with van der Waals surface area (Å²) in [6, 6.07) is 4.32. The van der Waals surface area contributed by atoms with Crippen molar-refractivity contribution in [3.63, 3.8) is 0 Å². The Bertz CT molecular complexity index is 1060. The summed E-state index contributed by atoms with van der Waals surface area (Å²) in [7, 11) is -4.19. The van der Waals surface area contributed by atoms with Gasteiger partial charge in [0.25, 0.3) is 21.0 Å². The first kappa shape index (κ1) is 15.9. The molecule has 0 atom stereocenters. The summed E-state index contributed by atoms with van der Waals surface area (Å²) in [4.78, 5) is 19.0. The molecule has 3 aromatic rings. The van der Waals surface area contributed by atoms with Gasteiger partial charge in [0.05, 0.1) is 11.7 Å². The summed E-state index contributed by atoms with van der Waals surface area (Å²) in [6.07, 6.45) is 3.11. The monoisotopic (exact) mass is 346 g/mol. The average Bonchev–Trinajstić information content (AvgIpc) is 2.92. The molecule has 0 bridgehead atoms. The molecule has 2 aromatic heterocycles. The van der Waals surface area contributed by atoms with E-state index in [-0.39, 0.29) is 17.0 Å². The van der Waals surface area contributed by atoms with Crippen molar-refractivity contribution in [2.75, 3.05) is 4.72 Å². The lowest BCUT2D eigenvalue weighted by molar-refractivity contribution is -0.254. The molecule has 0 saturated carbocycles. The number of fused-ring (bicyclic) bond motifs is 1. The number of aryl methyl sites for hydroxylation is 2. The van der Waals surface area contributed by atoms with Crippen LogP contribution in [0.2, 0.25) is 0 Å². The number of carboxylic acid groups (broad SMARTS) is 1. The van der Waals surface area contributed by atoms with Gasteiger partial charge in [0.1, 0.15) is 0 Å². The molecular weight excluding hydrogens is 334 g/mol. The molecule has 0 radical (unpaired) electrons. The Morgan fingerprint density at radius 1 is 1.29 bits per heavy atom. The molecule has 1 N–H and O–H groups in total. The van der Waals surface area contributed by atoms with Crippen LogP contribution in [0.25, 0.3) is 5.78 Å². The minimum Gasteiger partial charge on any atom is -0.545 e. The maximum absolute atomic E-state index is 12.5. The Balaban J connectivity index is 2.07. The summed E-state index contributed by atoms with van der Waals surface area (Å²) in [5, 5.41) is 14.6. The lowest BCUT2D eigenvalue weighted by Crippen LogP contribution is -2.25. The first-order chi connectivity index (χ1) is 11.3. The summed E-state index contributed by atoms with van der Waals surface area (Å²) in [5.74, 6) is -1.37. The van der Waals surface area contributed by atoms with E-state index in [0.717, 1.165) is 5.56 Å². The van der Waals surface area contributed by atoms with Crippen LogP contribution in [-0.4, -0.2) is 34.0 Å². The zero-order chi connectivity index (χ0) is 17.5. The second-order valence-corrected chi connectivity index (χ2v) is 6.74. The van der Waals surface area contributed by atoms with E-state index in [1.165, 1.54) is 22.8 Å². The molecule has 3 rings (SSSR count). The van der Waals surface area contributed by atoms with Crippen LogP contribution in [0.1, 0.15) is 21.5 Å². The third kappa shape index (κ3) is 2.78. The van der Waals surface area contributed by atoms with Crippen LogP contribution in [0.5, 0.6) is 0 Å². The fourth-order valence-corrected chi connectivity index (χ4v) is 3.15. The highest BCUT2D eigenvalue weighted by Crippen LogP contribution is 2.23. The van der Waals surface area contributed by atoms with Crippen molar-refractivity contribution in [1.82, 2.24) is 19.6 Å². The lowest BCUT2D eigenvalue weighted by Gasteiger charge is -2.14. The number of hydrogen-bond acceptors (Lipinski definition) is 7. The number of aromatic nitrogens is 4. The molecule has 0 unspecified atom stereocenters. The molecule has 0 amide bonds. The third-order valence-electron chi connectivity index (χ3n) is 3.27. The normalized spacial score (nSPS) is 11.6. The van der Waals surface area contributed by atoms with E-state index >= 15 is 0 Å². The van der Waals surface area contributed by atoms with E-state index in [4.69, 9.17) is 0 Å². The van der Waals surface area contributed by atoms with Crippen molar-refractivity contribution in [1.29, 1.82) is 0 Å². The average molecular weight is 346 g/mol. The Kier molecular flexibility index (Phi) is 3.68. The highest BCUT2D eigenvalue weighted by Gasteiger charge is 2.23. The predicted octanol–water partition coefficient (Wildman–Crippen LogP) is -0.0946. The van der Waals surface area contributed by atoms with Gasteiger partial charge in [-0.2, -0.15) is 13.4 Å². The van der Waals surface area contributed by atoms with E-state index in [1.807, 2.05) is 0 Å². The molecule has 0 fully saturated rings. The van der Waals surface area contributed by atoms with E-state index in [9.17, 15) is 18.3 Å². The zero-order valence-corrected chi connectivity index (χ0v) is 13.5. The van der Waals surface area contributed by atoms with Crippen LogP contribution >= 0.6 is 0 Å². The van der Waals surface area contributed by atoms with Crippen molar-refractivity contribution < 1.29 is 18.3 Å². The molecule has 1 aromatic carbocycles. The molecule has 0 aliphatic carbocycles. The fourth-order valence-electron chi connectivity index (χ4n) is 2.12. The van der Waals surface area contributed by atoms with Crippen molar-refractivity contribution in [3.05, 3.63) is 47.3 Å². The summed E-state index contributed by atoms with van der Waals surface area (Å²) in [5.41, 5.74) is 0.859. The Labute approximate surface area is 137 Å². The highest BCUT2D eigenvalue weighted by atomic mass is 32.2. The van der Waals surface area contributed by atoms with E-state index in [0.29, 0.717) is 5.56 Å². The molecule has 2 heterocycles. The van der Waals surface area contributed by atoms with Crippen LogP contribution in [0.4, 0.5) is 5.69 Å². The van der Waals surface area contributed by atoms with Crippen molar-refractivity contribution in [2.24, 2.45) is 0 Å². The molecule has 0 spiro atoms. The number of aromatic carboxylic acids is 1. The van der Waals surface area contributed by atoms with Crippen molar-refractivity contribution >= 4 is 27.5 Å². The predicted molar refractivity (Wildman–Crippen MR) is 81.8 cm³/mol. The number of carboxylic acids is 1. The lowest BCUT2D eigenvalue weighted by atomic mass is 10.1. The van der Waals surface area contributed by atoms with Gasteiger partial charge >= 0.3 is 0 Å². The molecule has 0 aliphatic rings. The standard InChI is InChI=1S/C14H13N5O4S/c1-8-6-15-13-16-14(17-19(13)7-8)24(22,23)18-11-9(2)4-3-5-10(11)12(20)21/h3-7,18H,1-2H3,(H,20,21)/p-1. The van der Waals surface area contributed by atoms with Gasteiger partial charge in [-0.25, -0.2) is 9.50 Å². The van der Waals surface area contributed by atoms with Gasteiger partial charge < -0.3 is 9.90 Å². The quantitative estimate of drug-likeness (QED) is 0.698. The van der Waals surface area contributed by atoms with Gasteiger partial charge in [0.2, 0.25) is 0 Å². The van der Waals surface area contributed by atoms with Crippen molar-refractivity contribution in [3.8, 4) is 0 Å². The molecule has 24 heavy (non-hydrogen) atoms. The zero-order valence-electron chi connectivity index (χ0n) is 12.7. The summed E-state index contributed by atoms with van der Waals surface area (Å²) >= 11 is 0. The van der Waals surface area contributed by atoms with Gasteiger partial charge in [-0.1, -0.05) is 18.2 Å². The molecule has 10 heteroatoms. The van der Waals surface area contributed by atoms with Gasteiger partial charge in [-0.3, -0.25) is 4.72 Å². The Morgan fingerprint density at radius 3 is 2.75 bits per heavy atom. The number of carbonyl (C=O) groups is 1. The molecule has 0 aliphatic heterocycles.